The van der Waals surface area contributed by atoms with E-state index in [9.17, 15) is 18.0 Å². The molecule has 2 N–H and O–H groups in total. The first kappa shape index (κ1) is 16.1. The summed E-state index contributed by atoms with van der Waals surface area (Å²) in [6.45, 7) is -2.33. The number of hydrogen-bond acceptors (Lipinski definition) is 4. The van der Waals surface area contributed by atoms with Crippen LogP contribution in [-0.2, 0) is 11.4 Å². The van der Waals surface area contributed by atoms with Gasteiger partial charge in [0, 0.05) is 11.6 Å². The molecule has 5 nitrogen and oxygen atoms in total. The van der Waals surface area contributed by atoms with Gasteiger partial charge in [0.25, 0.3) is 5.91 Å². The van der Waals surface area contributed by atoms with Crippen molar-refractivity contribution in [2.45, 2.75) is 12.8 Å². The summed E-state index contributed by atoms with van der Waals surface area (Å²) in [5.74, 6) is -0.295. The second-order valence-electron chi connectivity index (χ2n) is 3.81. The Kier molecular flexibility index (Phi) is 5.63. The molecule has 0 aliphatic carbocycles. The average Bonchev–Trinajstić information content (AvgIpc) is 2.41. The van der Waals surface area contributed by atoms with Gasteiger partial charge in [-0.25, -0.2) is 0 Å². The third-order valence-corrected chi connectivity index (χ3v) is 2.29. The molecular weight excluding hydrogens is 279 g/mol. The van der Waals surface area contributed by atoms with Gasteiger partial charge >= 0.3 is 6.18 Å². The van der Waals surface area contributed by atoms with Crippen molar-refractivity contribution in [3.05, 3.63) is 23.8 Å². The Morgan fingerprint density at radius 1 is 1.40 bits per heavy atom. The molecule has 0 saturated heterocycles. The Labute approximate surface area is 113 Å². The Morgan fingerprint density at radius 2 is 2.10 bits per heavy atom. The highest BCUT2D eigenvalue weighted by molar-refractivity contribution is 5.77. The minimum Gasteiger partial charge on any atom is -0.497 e. The van der Waals surface area contributed by atoms with Crippen LogP contribution in [0.3, 0.4) is 0 Å². The fourth-order valence-electron chi connectivity index (χ4n) is 1.32. The van der Waals surface area contributed by atoms with Gasteiger partial charge in [-0.2, -0.15) is 13.2 Å². The highest BCUT2D eigenvalue weighted by Gasteiger charge is 2.27. The molecule has 0 aliphatic heterocycles. The van der Waals surface area contributed by atoms with E-state index in [1.165, 1.54) is 19.2 Å². The molecule has 0 spiro atoms. The zero-order valence-corrected chi connectivity index (χ0v) is 10.7. The Bertz CT molecular complexity index is 463. The van der Waals surface area contributed by atoms with Gasteiger partial charge in [-0.15, -0.1) is 0 Å². The fourth-order valence-corrected chi connectivity index (χ4v) is 1.32. The molecule has 1 rings (SSSR count). The molecule has 0 atom stereocenters. The van der Waals surface area contributed by atoms with Crippen LogP contribution in [0, 0.1) is 0 Å². The molecule has 1 aromatic carbocycles. The van der Waals surface area contributed by atoms with Crippen molar-refractivity contribution in [3.63, 3.8) is 0 Å². The zero-order valence-electron chi connectivity index (χ0n) is 10.7. The second-order valence-corrected chi connectivity index (χ2v) is 3.81. The summed E-state index contributed by atoms with van der Waals surface area (Å²) < 4.78 is 45.7. The van der Waals surface area contributed by atoms with Crippen LogP contribution >= 0.6 is 0 Å². The van der Waals surface area contributed by atoms with E-state index in [0.29, 0.717) is 11.3 Å². The third-order valence-electron chi connectivity index (χ3n) is 2.29. The number of aliphatic hydroxyl groups is 1. The average molecular weight is 293 g/mol. The molecule has 1 amide bonds. The van der Waals surface area contributed by atoms with E-state index in [1.54, 1.807) is 11.4 Å². The van der Waals surface area contributed by atoms with Gasteiger partial charge in [0.2, 0.25) is 0 Å². The topological polar surface area (TPSA) is 67.8 Å². The summed E-state index contributed by atoms with van der Waals surface area (Å²) in [5, 5.41) is 10.8. The number of hydrogen-bond donors (Lipinski definition) is 2. The van der Waals surface area contributed by atoms with Crippen molar-refractivity contribution in [3.8, 4) is 11.5 Å². The van der Waals surface area contributed by atoms with Gasteiger partial charge in [0.1, 0.15) is 18.0 Å². The number of carbonyl (C=O) groups excluding carboxylic acids is 1. The van der Waals surface area contributed by atoms with Gasteiger partial charge in [0.15, 0.2) is 6.61 Å². The number of benzene rings is 1. The number of carbonyl (C=O) groups is 1. The van der Waals surface area contributed by atoms with Crippen LogP contribution in [0.15, 0.2) is 18.2 Å². The molecule has 0 aliphatic rings. The maximum atomic E-state index is 11.9. The maximum Gasteiger partial charge on any atom is 0.405 e. The number of nitrogens with one attached hydrogen (secondary N) is 1. The van der Waals surface area contributed by atoms with Crippen LogP contribution in [0.1, 0.15) is 5.56 Å². The highest BCUT2D eigenvalue weighted by Crippen LogP contribution is 2.24. The number of alkyl halides is 3. The summed E-state index contributed by atoms with van der Waals surface area (Å²) in [7, 11) is 1.42. The van der Waals surface area contributed by atoms with E-state index in [4.69, 9.17) is 14.6 Å². The third kappa shape index (κ3) is 5.35. The van der Waals surface area contributed by atoms with E-state index >= 15 is 0 Å². The Hall–Kier alpha value is -1.96. The number of ether oxygens (including phenoxy) is 2. The normalized spacial score (nSPS) is 11.1. The molecule has 0 bridgehead atoms. The predicted octanol–water partition coefficient (Wildman–Crippen LogP) is 1.24. The van der Waals surface area contributed by atoms with Crippen LogP contribution in [0.25, 0.3) is 0 Å². The quantitative estimate of drug-likeness (QED) is 0.828. The smallest absolute Gasteiger partial charge is 0.405 e. The van der Waals surface area contributed by atoms with Crippen molar-refractivity contribution in [1.82, 2.24) is 5.32 Å². The van der Waals surface area contributed by atoms with Crippen molar-refractivity contribution in [2.24, 2.45) is 0 Å². The molecule has 20 heavy (non-hydrogen) atoms. The molecular formula is C12H14F3NO4. The van der Waals surface area contributed by atoms with Gasteiger partial charge in [-0.3, -0.25) is 4.79 Å². The van der Waals surface area contributed by atoms with Gasteiger partial charge in [-0.1, -0.05) is 0 Å². The van der Waals surface area contributed by atoms with E-state index in [1.807, 2.05) is 0 Å². The van der Waals surface area contributed by atoms with Gasteiger partial charge in [0.05, 0.1) is 13.7 Å². The minimum absolute atomic E-state index is 0.175. The van der Waals surface area contributed by atoms with E-state index < -0.39 is 25.2 Å². The standard InChI is InChI=1S/C12H14F3NO4/c1-19-9-3-2-8(5-17)10(4-9)20-6-11(18)16-7-12(13,14)15/h2-4,17H,5-7H2,1H3,(H,16,18). The SMILES string of the molecule is COc1ccc(CO)c(OCC(=O)NCC(F)(F)F)c1. The molecule has 0 radical (unpaired) electrons. The van der Waals surface area contributed by atoms with Crippen LogP contribution in [0.4, 0.5) is 13.2 Å². The monoisotopic (exact) mass is 293 g/mol. The van der Waals surface area contributed by atoms with Gasteiger partial charge < -0.3 is 19.9 Å². The summed E-state index contributed by atoms with van der Waals surface area (Å²) in [5.41, 5.74) is 0.398. The Balaban J connectivity index is 2.58. The van der Waals surface area contributed by atoms with E-state index in [-0.39, 0.29) is 12.4 Å². The second kappa shape index (κ2) is 6.99. The lowest BCUT2D eigenvalue weighted by molar-refractivity contribution is -0.139. The molecule has 0 saturated carbocycles. The summed E-state index contributed by atoms with van der Waals surface area (Å²) in [6.07, 6.45) is -4.47. The van der Waals surface area contributed by atoms with Crippen LogP contribution in [-0.4, -0.2) is 37.5 Å². The lowest BCUT2D eigenvalue weighted by atomic mass is 10.2. The maximum absolute atomic E-state index is 11.9. The van der Waals surface area contributed by atoms with Gasteiger partial charge in [-0.05, 0) is 12.1 Å². The van der Waals surface area contributed by atoms with Crippen LogP contribution < -0.4 is 14.8 Å². The number of amides is 1. The van der Waals surface area contributed by atoms with E-state index in [2.05, 4.69) is 0 Å². The summed E-state index contributed by atoms with van der Waals surface area (Å²) in [6, 6.07) is 4.55. The first-order valence-electron chi connectivity index (χ1n) is 5.59. The lowest BCUT2D eigenvalue weighted by Gasteiger charge is -2.12. The molecule has 1 aromatic rings. The largest absolute Gasteiger partial charge is 0.497 e. The summed E-state index contributed by atoms with van der Waals surface area (Å²) in [4.78, 5) is 11.2. The molecule has 0 unspecified atom stereocenters. The number of aliphatic hydroxyl groups excluding tert-OH is 1. The minimum atomic E-state index is -4.47. The van der Waals surface area contributed by atoms with Crippen molar-refractivity contribution in [2.75, 3.05) is 20.3 Å². The lowest BCUT2D eigenvalue weighted by Crippen LogP contribution is -2.36. The van der Waals surface area contributed by atoms with E-state index in [0.717, 1.165) is 0 Å². The molecule has 0 fully saturated rings. The van der Waals surface area contributed by atoms with Crippen molar-refractivity contribution < 1.29 is 32.5 Å². The summed E-state index contributed by atoms with van der Waals surface area (Å²) >= 11 is 0. The van der Waals surface area contributed by atoms with Crippen molar-refractivity contribution >= 4 is 5.91 Å². The first-order chi connectivity index (χ1) is 9.35. The first-order valence-corrected chi connectivity index (χ1v) is 5.59. The molecule has 0 heterocycles. The number of methoxy groups -OCH3 is 1. The highest BCUT2D eigenvalue weighted by atomic mass is 19.4. The molecule has 0 aromatic heterocycles. The zero-order chi connectivity index (χ0) is 15.2. The number of halogens is 3. The van der Waals surface area contributed by atoms with Crippen molar-refractivity contribution in [1.29, 1.82) is 0 Å². The fraction of sp³-hybridized carbons (Fsp3) is 0.417. The predicted molar refractivity (Wildman–Crippen MR) is 63.5 cm³/mol. The molecule has 8 heteroatoms. The van der Waals surface area contributed by atoms with Crippen LogP contribution in [0.5, 0.6) is 11.5 Å². The Morgan fingerprint density at radius 3 is 2.65 bits per heavy atom. The van der Waals surface area contributed by atoms with Crippen LogP contribution in [0.2, 0.25) is 0 Å². The molecule has 112 valence electrons. The number of rotatable bonds is 6.